The third-order valence-electron chi connectivity index (χ3n) is 3.79. The van der Waals surface area contributed by atoms with Crippen LogP contribution >= 0.6 is 15.9 Å². The van der Waals surface area contributed by atoms with Gasteiger partial charge in [0, 0.05) is 21.8 Å². The first kappa shape index (κ1) is 15.3. The molecule has 1 N–H and O–H groups in total. The summed E-state index contributed by atoms with van der Waals surface area (Å²) in [6, 6.07) is 8.80. The van der Waals surface area contributed by atoms with E-state index in [4.69, 9.17) is 5.10 Å². The Kier molecular flexibility index (Phi) is 5.00. The molecule has 108 valence electrons. The van der Waals surface area contributed by atoms with Gasteiger partial charge in [0.15, 0.2) is 0 Å². The molecule has 0 amide bonds. The van der Waals surface area contributed by atoms with Crippen LogP contribution in [0.4, 0.5) is 0 Å². The van der Waals surface area contributed by atoms with Gasteiger partial charge >= 0.3 is 0 Å². The maximum Gasteiger partial charge on any atom is 0.0662 e. The van der Waals surface area contributed by atoms with Crippen LogP contribution in [0.15, 0.2) is 28.7 Å². The molecule has 0 radical (unpaired) electrons. The molecule has 1 unspecified atom stereocenters. The van der Waals surface area contributed by atoms with Crippen LogP contribution in [-0.4, -0.2) is 16.8 Å². The number of aryl methyl sites for hydroxylation is 1. The number of aromatic nitrogens is 2. The molecule has 0 saturated heterocycles. The number of nitrogens with zero attached hydrogens (tertiary/aromatic N) is 2. The van der Waals surface area contributed by atoms with Crippen LogP contribution in [0.25, 0.3) is 0 Å². The van der Waals surface area contributed by atoms with Crippen molar-refractivity contribution in [3.05, 3.63) is 51.3 Å². The third-order valence-corrected chi connectivity index (χ3v) is 4.32. The van der Waals surface area contributed by atoms with E-state index in [0.717, 1.165) is 23.1 Å². The molecule has 1 aromatic carbocycles. The molecular formula is C16H22BrN3. The summed E-state index contributed by atoms with van der Waals surface area (Å²) in [5.41, 5.74) is 4.99. The highest BCUT2D eigenvalue weighted by molar-refractivity contribution is 9.10. The Labute approximate surface area is 129 Å². The molecule has 0 saturated carbocycles. The molecule has 1 atom stereocenters. The molecule has 0 aliphatic carbocycles. The van der Waals surface area contributed by atoms with Crippen molar-refractivity contribution >= 4 is 15.9 Å². The van der Waals surface area contributed by atoms with Crippen LogP contribution in [0.3, 0.4) is 0 Å². The molecule has 2 rings (SSSR count). The molecule has 20 heavy (non-hydrogen) atoms. The standard InChI is InChI=1S/C16H22BrN3/c1-5-15(18-4)16-11(2)19-20(12(16)3)10-13-6-8-14(17)9-7-13/h6-9,15,18H,5,10H2,1-4H3. The fraction of sp³-hybridized carbons (Fsp3) is 0.438. The Balaban J connectivity index is 2.29. The van der Waals surface area contributed by atoms with Crippen molar-refractivity contribution in [3.63, 3.8) is 0 Å². The Hall–Kier alpha value is -1.13. The van der Waals surface area contributed by atoms with Gasteiger partial charge in [-0.25, -0.2) is 0 Å². The van der Waals surface area contributed by atoms with Crippen LogP contribution < -0.4 is 5.32 Å². The lowest BCUT2D eigenvalue weighted by Gasteiger charge is -2.15. The zero-order chi connectivity index (χ0) is 14.7. The van der Waals surface area contributed by atoms with Gasteiger partial charge in [-0.3, -0.25) is 4.68 Å². The molecular weight excluding hydrogens is 314 g/mol. The first-order valence-electron chi connectivity index (χ1n) is 7.02. The van der Waals surface area contributed by atoms with E-state index in [-0.39, 0.29) is 0 Å². The van der Waals surface area contributed by atoms with E-state index in [1.165, 1.54) is 16.8 Å². The summed E-state index contributed by atoms with van der Waals surface area (Å²) in [5, 5.41) is 8.08. The van der Waals surface area contributed by atoms with E-state index in [9.17, 15) is 0 Å². The highest BCUT2D eigenvalue weighted by Gasteiger charge is 2.18. The molecule has 0 bridgehead atoms. The summed E-state index contributed by atoms with van der Waals surface area (Å²) >= 11 is 3.47. The number of hydrogen-bond donors (Lipinski definition) is 1. The molecule has 0 fully saturated rings. The van der Waals surface area contributed by atoms with Crippen molar-refractivity contribution in [2.45, 2.75) is 39.8 Å². The van der Waals surface area contributed by atoms with Crippen molar-refractivity contribution in [1.29, 1.82) is 0 Å². The minimum Gasteiger partial charge on any atom is -0.313 e. The van der Waals surface area contributed by atoms with Gasteiger partial charge in [0.05, 0.1) is 12.2 Å². The maximum atomic E-state index is 4.71. The lowest BCUT2D eigenvalue weighted by atomic mass is 10.0. The fourth-order valence-electron chi connectivity index (χ4n) is 2.68. The van der Waals surface area contributed by atoms with Crippen LogP contribution in [0.1, 0.15) is 41.9 Å². The van der Waals surface area contributed by atoms with Crippen LogP contribution in [0.2, 0.25) is 0 Å². The fourth-order valence-corrected chi connectivity index (χ4v) is 2.95. The van der Waals surface area contributed by atoms with E-state index < -0.39 is 0 Å². The lowest BCUT2D eigenvalue weighted by Crippen LogP contribution is -2.17. The third kappa shape index (κ3) is 3.13. The van der Waals surface area contributed by atoms with E-state index in [1.807, 2.05) is 7.05 Å². The second-order valence-electron chi connectivity index (χ2n) is 5.12. The largest absolute Gasteiger partial charge is 0.313 e. The second kappa shape index (κ2) is 6.55. The molecule has 3 nitrogen and oxygen atoms in total. The minimum absolute atomic E-state index is 0.383. The zero-order valence-corrected chi connectivity index (χ0v) is 14.2. The quantitative estimate of drug-likeness (QED) is 0.895. The summed E-state index contributed by atoms with van der Waals surface area (Å²) < 4.78 is 3.21. The summed E-state index contributed by atoms with van der Waals surface area (Å²) in [6.07, 6.45) is 1.07. The van der Waals surface area contributed by atoms with Crippen LogP contribution in [0, 0.1) is 13.8 Å². The van der Waals surface area contributed by atoms with Gasteiger partial charge in [-0.2, -0.15) is 5.10 Å². The van der Waals surface area contributed by atoms with Crippen molar-refractivity contribution in [2.24, 2.45) is 0 Å². The smallest absolute Gasteiger partial charge is 0.0662 e. The number of hydrogen-bond acceptors (Lipinski definition) is 2. The Bertz CT molecular complexity index is 568. The van der Waals surface area contributed by atoms with E-state index >= 15 is 0 Å². The first-order chi connectivity index (χ1) is 9.56. The number of nitrogens with one attached hydrogen (secondary N) is 1. The average molecular weight is 336 g/mol. The van der Waals surface area contributed by atoms with Gasteiger partial charge in [0.1, 0.15) is 0 Å². The number of rotatable bonds is 5. The zero-order valence-electron chi connectivity index (χ0n) is 12.6. The van der Waals surface area contributed by atoms with E-state index in [1.54, 1.807) is 0 Å². The molecule has 2 aromatic rings. The molecule has 1 heterocycles. The molecule has 0 aliphatic rings. The van der Waals surface area contributed by atoms with Crippen LogP contribution in [0.5, 0.6) is 0 Å². The Morgan fingerprint density at radius 2 is 1.90 bits per heavy atom. The van der Waals surface area contributed by atoms with E-state index in [2.05, 4.69) is 71.0 Å². The minimum atomic E-state index is 0.383. The van der Waals surface area contributed by atoms with E-state index in [0.29, 0.717) is 6.04 Å². The molecule has 4 heteroatoms. The summed E-state index contributed by atoms with van der Waals surface area (Å²) in [4.78, 5) is 0. The summed E-state index contributed by atoms with van der Waals surface area (Å²) in [7, 11) is 2.01. The van der Waals surface area contributed by atoms with Gasteiger partial charge in [0.25, 0.3) is 0 Å². The number of benzene rings is 1. The normalized spacial score (nSPS) is 12.7. The summed E-state index contributed by atoms with van der Waals surface area (Å²) in [5.74, 6) is 0. The SMILES string of the molecule is CCC(NC)c1c(C)nn(Cc2ccc(Br)cc2)c1C. The van der Waals surface area contributed by atoms with Gasteiger partial charge in [-0.1, -0.05) is 35.0 Å². The Morgan fingerprint density at radius 1 is 1.25 bits per heavy atom. The van der Waals surface area contributed by atoms with Crippen molar-refractivity contribution < 1.29 is 0 Å². The predicted molar refractivity (Wildman–Crippen MR) is 87.0 cm³/mol. The average Bonchev–Trinajstić information content (AvgIpc) is 2.71. The van der Waals surface area contributed by atoms with Gasteiger partial charge in [0.2, 0.25) is 0 Å². The van der Waals surface area contributed by atoms with Gasteiger partial charge in [-0.05, 0) is 45.0 Å². The molecule has 1 aromatic heterocycles. The van der Waals surface area contributed by atoms with Gasteiger partial charge < -0.3 is 5.32 Å². The summed E-state index contributed by atoms with van der Waals surface area (Å²) in [6.45, 7) is 7.28. The highest BCUT2D eigenvalue weighted by Crippen LogP contribution is 2.24. The maximum absolute atomic E-state index is 4.71. The highest BCUT2D eigenvalue weighted by atomic mass is 79.9. The van der Waals surface area contributed by atoms with Crippen molar-refractivity contribution in [2.75, 3.05) is 7.05 Å². The molecule has 0 aliphatic heterocycles. The lowest BCUT2D eigenvalue weighted by molar-refractivity contribution is 0.568. The topological polar surface area (TPSA) is 29.9 Å². The first-order valence-corrected chi connectivity index (χ1v) is 7.81. The Morgan fingerprint density at radius 3 is 2.45 bits per heavy atom. The van der Waals surface area contributed by atoms with Crippen molar-refractivity contribution in [3.8, 4) is 0 Å². The second-order valence-corrected chi connectivity index (χ2v) is 6.03. The van der Waals surface area contributed by atoms with Crippen molar-refractivity contribution in [1.82, 2.24) is 15.1 Å². The molecule has 0 spiro atoms. The van der Waals surface area contributed by atoms with Crippen LogP contribution in [-0.2, 0) is 6.54 Å². The predicted octanol–water partition coefficient (Wildman–Crippen LogP) is 3.98. The monoisotopic (exact) mass is 335 g/mol. The number of halogens is 1. The van der Waals surface area contributed by atoms with Gasteiger partial charge in [-0.15, -0.1) is 0 Å².